The molecule has 1 N–H and O–H groups in total. The molecule has 0 aliphatic rings. The fraction of sp³-hybridized carbons (Fsp3) is 0.222. The van der Waals surface area contributed by atoms with E-state index < -0.39 is 0 Å². The van der Waals surface area contributed by atoms with Gasteiger partial charge in [0.1, 0.15) is 0 Å². The van der Waals surface area contributed by atoms with Gasteiger partial charge in [-0.05, 0) is 48.4 Å². The molecule has 5 heteroatoms. The van der Waals surface area contributed by atoms with Crippen LogP contribution in [-0.2, 0) is 26.1 Å². The maximum Gasteiger partial charge on any atom is 0.0544 e. The van der Waals surface area contributed by atoms with Crippen LogP contribution in [0.15, 0.2) is 104 Å². The first-order valence-electron chi connectivity index (χ1n) is 11.1. The Morgan fingerprint density at radius 2 is 1.16 bits per heavy atom. The molecule has 5 nitrogen and oxygen atoms in total. The summed E-state index contributed by atoms with van der Waals surface area (Å²) in [6.07, 6.45) is 6.50. The van der Waals surface area contributed by atoms with Gasteiger partial charge in [0.2, 0.25) is 0 Å². The number of nitrogens with one attached hydrogen (secondary N) is 1. The maximum absolute atomic E-state index is 4.58. The molecule has 0 saturated carbocycles. The fourth-order valence-corrected chi connectivity index (χ4v) is 3.80. The van der Waals surface area contributed by atoms with Gasteiger partial charge in [0.15, 0.2) is 0 Å². The predicted octanol–water partition coefficient (Wildman–Crippen LogP) is 4.27. The largest absolute Gasteiger partial charge is 0.310 e. The Morgan fingerprint density at radius 3 is 1.69 bits per heavy atom. The van der Waals surface area contributed by atoms with Crippen LogP contribution in [0.2, 0.25) is 0 Å². The molecule has 3 heterocycles. The van der Waals surface area contributed by atoms with Crippen molar-refractivity contribution in [1.29, 1.82) is 0 Å². The van der Waals surface area contributed by atoms with Gasteiger partial charge in [0.05, 0.1) is 17.1 Å². The van der Waals surface area contributed by atoms with Crippen molar-refractivity contribution in [3.05, 3.63) is 126 Å². The highest BCUT2D eigenvalue weighted by Crippen LogP contribution is 2.15. The van der Waals surface area contributed by atoms with Crippen molar-refractivity contribution in [1.82, 2.24) is 25.2 Å². The van der Waals surface area contributed by atoms with Gasteiger partial charge in [0.25, 0.3) is 0 Å². The number of rotatable bonds is 11. The standard InChI is InChI=1S/C27H29N5/c1-2-10-23(11-3-1)18-27(20-28-19-24-12-4-7-15-29-24)32(21-25-13-5-8-16-30-25)22-26-14-6-9-17-31-26/h1-17,27-28H,18-22H2. The first-order chi connectivity index (χ1) is 15.9. The maximum atomic E-state index is 4.58. The lowest BCUT2D eigenvalue weighted by Crippen LogP contribution is -2.43. The molecule has 0 amide bonds. The third-order valence-corrected chi connectivity index (χ3v) is 5.43. The Balaban J connectivity index is 1.54. The second-order valence-electron chi connectivity index (χ2n) is 7.84. The third kappa shape index (κ3) is 6.80. The van der Waals surface area contributed by atoms with Crippen molar-refractivity contribution >= 4 is 0 Å². The average Bonchev–Trinajstić information content (AvgIpc) is 2.86. The molecule has 0 bridgehead atoms. The van der Waals surface area contributed by atoms with Crippen LogP contribution in [0.1, 0.15) is 22.6 Å². The van der Waals surface area contributed by atoms with Gasteiger partial charge in [-0.3, -0.25) is 19.9 Å². The van der Waals surface area contributed by atoms with E-state index in [1.54, 1.807) is 0 Å². The molecule has 0 saturated heterocycles. The molecule has 1 aromatic carbocycles. The molecular formula is C27H29N5. The zero-order chi connectivity index (χ0) is 21.8. The van der Waals surface area contributed by atoms with Crippen molar-refractivity contribution in [3.63, 3.8) is 0 Å². The van der Waals surface area contributed by atoms with E-state index in [1.807, 2.05) is 55.0 Å². The molecule has 1 atom stereocenters. The van der Waals surface area contributed by atoms with E-state index in [0.29, 0.717) is 0 Å². The molecule has 0 fully saturated rings. The topological polar surface area (TPSA) is 53.9 Å². The Labute approximate surface area is 190 Å². The number of pyridine rings is 3. The van der Waals surface area contributed by atoms with Gasteiger partial charge in [-0.15, -0.1) is 0 Å². The zero-order valence-corrected chi connectivity index (χ0v) is 18.2. The second-order valence-corrected chi connectivity index (χ2v) is 7.84. The highest BCUT2D eigenvalue weighted by atomic mass is 15.2. The van der Waals surface area contributed by atoms with Crippen LogP contribution in [0.5, 0.6) is 0 Å². The summed E-state index contributed by atoms with van der Waals surface area (Å²) in [5.74, 6) is 0. The lowest BCUT2D eigenvalue weighted by atomic mass is 10.0. The Morgan fingerprint density at radius 1 is 0.625 bits per heavy atom. The number of hydrogen-bond donors (Lipinski definition) is 1. The summed E-state index contributed by atoms with van der Waals surface area (Å²) in [6.45, 7) is 3.11. The van der Waals surface area contributed by atoms with E-state index in [4.69, 9.17) is 0 Å². The molecule has 1 unspecified atom stereocenters. The van der Waals surface area contributed by atoms with Crippen LogP contribution in [0, 0.1) is 0 Å². The van der Waals surface area contributed by atoms with Gasteiger partial charge in [-0.25, -0.2) is 0 Å². The van der Waals surface area contributed by atoms with Crippen molar-refractivity contribution in [2.75, 3.05) is 6.54 Å². The molecule has 0 aliphatic heterocycles. The molecule has 0 spiro atoms. The minimum Gasteiger partial charge on any atom is -0.310 e. The molecule has 32 heavy (non-hydrogen) atoms. The average molecular weight is 424 g/mol. The highest BCUT2D eigenvalue weighted by Gasteiger charge is 2.21. The summed E-state index contributed by atoms with van der Waals surface area (Å²) in [7, 11) is 0. The zero-order valence-electron chi connectivity index (χ0n) is 18.2. The van der Waals surface area contributed by atoms with E-state index in [1.165, 1.54) is 5.56 Å². The second kappa shape index (κ2) is 11.8. The normalized spacial score (nSPS) is 12.0. The molecular weight excluding hydrogens is 394 g/mol. The SMILES string of the molecule is c1ccc(CC(CNCc2ccccn2)N(Cc2ccccn2)Cc2ccccn2)cc1. The van der Waals surface area contributed by atoms with Gasteiger partial charge >= 0.3 is 0 Å². The van der Waals surface area contributed by atoms with E-state index in [9.17, 15) is 0 Å². The van der Waals surface area contributed by atoms with Gasteiger partial charge < -0.3 is 5.32 Å². The summed E-state index contributed by atoms with van der Waals surface area (Å²) in [5.41, 5.74) is 4.49. The van der Waals surface area contributed by atoms with Crippen LogP contribution in [0.3, 0.4) is 0 Å². The Hall–Kier alpha value is -3.41. The highest BCUT2D eigenvalue weighted by molar-refractivity contribution is 5.17. The number of hydrogen-bond acceptors (Lipinski definition) is 5. The monoisotopic (exact) mass is 423 g/mol. The van der Waals surface area contributed by atoms with Crippen molar-refractivity contribution in [2.24, 2.45) is 0 Å². The lowest BCUT2D eigenvalue weighted by Gasteiger charge is -2.32. The number of benzene rings is 1. The summed E-state index contributed by atoms with van der Waals surface area (Å²) in [6, 6.07) is 29.2. The van der Waals surface area contributed by atoms with Crippen molar-refractivity contribution in [3.8, 4) is 0 Å². The summed E-state index contributed by atoms with van der Waals surface area (Å²) in [4.78, 5) is 16.1. The van der Waals surface area contributed by atoms with Crippen LogP contribution in [0.4, 0.5) is 0 Å². The van der Waals surface area contributed by atoms with Crippen LogP contribution in [-0.4, -0.2) is 32.4 Å². The first kappa shape index (κ1) is 21.8. The van der Waals surface area contributed by atoms with E-state index in [0.717, 1.165) is 49.7 Å². The van der Waals surface area contributed by atoms with E-state index >= 15 is 0 Å². The van der Waals surface area contributed by atoms with Gasteiger partial charge in [-0.1, -0.05) is 48.5 Å². The van der Waals surface area contributed by atoms with Gasteiger partial charge in [-0.2, -0.15) is 0 Å². The quantitative estimate of drug-likeness (QED) is 0.390. The number of nitrogens with zero attached hydrogens (tertiary/aromatic N) is 4. The molecule has 0 aliphatic carbocycles. The first-order valence-corrected chi connectivity index (χ1v) is 11.1. The van der Waals surface area contributed by atoms with Gasteiger partial charge in [0, 0.05) is 50.8 Å². The lowest BCUT2D eigenvalue weighted by molar-refractivity contribution is 0.168. The van der Waals surface area contributed by atoms with E-state index in [2.05, 4.69) is 73.7 Å². The fourth-order valence-electron chi connectivity index (χ4n) is 3.80. The third-order valence-electron chi connectivity index (χ3n) is 5.43. The summed E-state index contributed by atoms with van der Waals surface area (Å²) >= 11 is 0. The minimum atomic E-state index is 0.269. The molecule has 0 radical (unpaired) electrons. The molecule has 4 rings (SSSR count). The van der Waals surface area contributed by atoms with Crippen LogP contribution < -0.4 is 5.32 Å². The Kier molecular flexibility index (Phi) is 8.07. The molecule has 4 aromatic rings. The minimum absolute atomic E-state index is 0.269. The van der Waals surface area contributed by atoms with Crippen LogP contribution >= 0.6 is 0 Å². The van der Waals surface area contributed by atoms with Crippen molar-refractivity contribution in [2.45, 2.75) is 32.1 Å². The predicted molar refractivity (Wildman–Crippen MR) is 128 cm³/mol. The van der Waals surface area contributed by atoms with Crippen molar-refractivity contribution < 1.29 is 0 Å². The number of aromatic nitrogens is 3. The summed E-state index contributed by atoms with van der Waals surface area (Å²) in [5, 5.41) is 3.63. The van der Waals surface area contributed by atoms with E-state index in [-0.39, 0.29) is 6.04 Å². The molecule has 3 aromatic heterocycles. The van der Waals surface area contributed by atoms with Crippen LogP contribution in [0.25, 0.3) is 0 Å². The Bertz CT molecular complexity index is 985. The molecule has 162 valence electrons. The smallest absolute Gasteiger partial charge is 0.0544 e. The summed E-state index contributed by atoms with van der Waals surface area (Å²) < 4.78 is 0.